The molecular weight excluding hydrogens is 395 g/mol. The van der Waals surface area contributed by atoms with E-state index in [1.54, 1.807) is 24.5 Å². The molecule has 0 amide bonds. The number of aromatic nitrogens is 3. The Morgan fingerprint density at radius 1 is 1.25 bits per heavy atom. The quantitative estimate of drug-likeness (QED) is 0.808. The summed E-state index contributed by atoms with van der Waals surface area (Å²) in [6.07, 6.45) is 4.02. The van der Waals surface area contributed by atoms with Gasteiger partial charge in [0.1, 0.15) is 5.82 Å². The maximum atomic E-state index is 12.6. The smallest absolute Gasteiger partial charge is 0.370 e. The van der Waals surface area contributed by atoms with Gasteiger partial charge in [-0.1, -0.05) is 0 Å². The van der Waals surface area contributed by atoms with Crippen molar-refractivity contribution in [1.29, 1.82) is 0 Å². The largest absolute Gasteiger partial charge is 0.511 e. The van der Waals surface area contributed by atoms with Crippen molar-refractivity contribution in [3.63, 3.8) is 0 Å². The Labute approximate surface area is 161 Å². The lowest BCUT2D eigenvalue weighted by molar-refractivity contribution is -0.0496. The standard InChI is InChI=1S/C17H20F3N5O2S/c1-12-9-15(24-16(23-12)14-3-2-6-21-11-14)22-10-13-4-7-25(8-5-13)28(26,27)17(18,19)20/h2-3,6,9,11,13H,4-5,7-8,10H2,1H3,(H,22,23,24). The van der Waals surface area contributed by atoms with E-state index in [0.29, 0.717) is 35.3 Å². The number of halogens is 3. The van der Waals surface area contributed by atoms with Crippen molar-refractivity contribution < 1.29 is 21.6 Å². The third kappa shape index (κ3) is 4.58. The third-order valence-corrected chi connectivity index (χ3v) is 6.18. The van der Waals surface area contributed by atoms with Crippen molar-refractivity contribution in [3.05, 3.63) is 36.3 Å². The molecule has 28 heavy (non-hydrogen) atoms. The molecule has 1 fully saturated rings. The maximum Gasteiger partial charge on any atom is 0.511 e. The number of hydrogen-bond donors (Lipinski definition) is 1. The molecule has 0 unspecified atom stereocenters. The molecule has 2 aromatic rings. The van der Waals surface area contributed by atoms with Gasteiger partial charge in [-0.05, 0) is 37.8 Å². The SMILES string of the molecule is Cc1cc(NCC2CCN(S(=O)(=O)C(F)(F)F)CC2)nc(-c2cccnc2)n1. The van der Waals surface area contributed by atoms with Gasteiger partial charge in [0, 0.05) is 49.4 Å². The summed E-state index contributed by atoms with van der Waals surface area (Å²) in [6.45, 7) is 2.05. The molecular formula is C17H20F3N5O2S. The summed E-state index contributed by atoms with van der Waals surface area (Å²) in [6, 6.07) is 5.42. The molecule has 1 saturated heterocycles. The predicted molar refractivity (Wildman–Crippen MR) is 97.8 cm³/mol. The molecule has 0 saturated carbocycles. The molecule has 0 radical (unpaired) electrons. The fourth-order valence-corrected chi connectivity index (χ4v) is 4.02. The van der Waals surface area contributed by atoms with Crippen LogP contribution in [0.3, 0.4) is 0 Å². The first-order valence-electron chi connectivity index (χ1n) is 8.73. The summed E-state index contributed by atoms with van der Waals surface area (Å²) in [5.41, 5.74) is -3.71. The second-order valence-corrected chi connectivity index (χ2v) is 8.56. The lowest BCUT2D eigenvalue weighted by Gasteiger charge is -2.31. The molecule has 1 aliphatic heterocycles. The van der Waals surface area contributed by atoms with E-state index < -0.39 is 15.5 Å². The molecule has 0 spiro atoms. The minimum Gasteiger partial charge on any atom is -0.370 e. The maximum absolute atomic E-state index is 12.6. The Kier molecular flexibility index (Phi) is 5.84. The van der Waals surface area contributed by atoms with Crippen LogP contribution in [0.5, 0.6) is 0 Å². The van der Waals surface area contributed by atoms with Gasteiger partial charge in [-0.2, -0.15) is 17.5 Å². The van der Waals surface area contributed by atoms with Crippen LogP contribution < -0.4 is 5.32 Å². The van der Waals surface area contributed by atoms with Crippen LogP contribution in [0.1, 0.15) is 18.5 Å². The molecule has 3 rings (SSSR count). The number of alkyl halides is 3. The van der Waals surface area contributed by atoms with Crippen LogP contribution in [0.15, 0.2) is 30.6 Å². The number of anilines is 1. The van der Waals surface area contributed by atoms with Crippen LogP contribution in [0.4, 0.5) is 19.0 Å². The second kappa shape index (κ2) is 8.00. The number of pyridine rings is 1. The number of rotatable bonds is 5. The minimum absolute atomic E-state index is 0.0526. The molecule has 0 atom stereocenters. The second-order valence-electron chi connectivity index (χ2n) is 6.63. The Balaban J connectivity index is 1.60. The molecule has 1 aliphatic rings. The first-order valence-corrected chi connectivity index (χ1v) is 10.2. The zero-order chi connectivity index (χ0) is 20.4. The molecule has 11 heteroatoms. The Morgan fingerprint density at radius 3 is 2.57 bits per heavy atom. The van der Waals surface area contributed by atoms with Gasteiger partial charge in [-0.3, -0.25) is 4.98 Å². The highest BCUT2D eigenvalue weighted by Gasteiger charge is 2.50. The van der Waals surface area contributed by atoms with Gasteiger partial charge >= 0.3 is 15.5 Å². The molecule has 0 aliphatic carbocycles. The van der Waals surface area contributed by atoms with Gasteiger partial charge in [-0.25, -0.2) is 18.4 Å². The van der Waals surface area contributed by atoms with Crippen molar-refractivity contribution in [2.45, 2.75) is 25.3 Å². The molecule has 0 aromatic carbocycles. The monoisotopic (exact) mass is 415 g/mol. The highest BCUT2D eigenvalue weighted by atomic mass is 32.2. The van der Waals surface area contributed by atoms with Crippen LogP contribution in [0.25, 0.3) is 11.4 Å². The number of nitrogens with one attached hydrogen (secondary N) is 1. The molecule has 7 nitrogen and oxygen atoms in total. The van der Waals surface area contributed by atoms with Crippen LogP contribution in [-0.4, -0.2) is 52.8 Å². The van der Waals surface area contributed by atoms with Gasteiger partial charge in [0.2, 0.25) is 0 Å². The fraction of sp³-hybridized carbons (Fsp3) is 0.471. The normalized spacial score (nSPS) is 16.9. The lowest BCUT2D eigenvalue weighted by atomic mass is 9.98. The predicted octanol–water partition coefficient (Wildman–Crippen LogP) is 2.82. The molecule has 0 bridgehead atoms. The fourth-order valence-electron chi connectivity index (χ4n) is 3.03. The van der Waals surface area contributed by atoms with E-state index in [4.69, 9.17) is 0 Å². The number of hydrogen-bond acceptors (Lipinski definition) is 6. The molecule has 2 aromatic heterocycles. The highest BCUT2D eigenvalue weighted by molar-refractivity contribution is 7.90. The van der Waals surface area contributed by atoms with E-state index in [9.17, 15) is 21.6 Å². The summed E-state index contributed by atoms with van der Waals surface area (Å²) < 4.78 is 61.4. The minimum atomic E-state index is -5.25. The zero-order valence-corrected chi connectivity index (χ0v) is 16.0. The highest BCUT2D eigenvalue weighted by Crippen LogP contribution is 2.30. The number of nitrogens with zero attached hydrogens (tertiary/aromatic N) is 4. The summed E-state index contributed by atoms with van der Waals surface area (Å²) in [5, 5.41) is 3.19. The topological polar surface area (TPSA) is 88.1 Å². The van der Waals surface area contributed by atoms with Crippen molar-refractivity contribution >= 4 is 15.8 Å². The molecule has 3 heterocycles. The summed E-state index contributed by atoms with van der Waals surface area (Å²) in [7, 11) is -5.25. The average molecular weight is 415 g/mol. The van der Waals surface area contributed by atoms with Crippen LogP contribution in [0, 0.1) is 12.8 Å². The van der Waals surface area contributed by atoms with Crippen LogP contribution in [0.2, 0.25) is 0 Å². The first kappa shape index (κ1) is 20.5. The van der Waals surface area contributed by atoms with Gasteiger partial charge in [0.25, 0.3) is 0 Å². The van der Waals surface area contributed by atoms with Gasteiger partial charge in [0.15, 0.2) is 5.82 Å². The number of aryl methyl sites for hydroxylation is 1. The molecule has 1 N–H and O–H groups in total. The third-order valence-electron chi connectivity index (χ3n) is 4.55. The number of piperidine rings is 1. The van der Waals surface area contributed by atoms with E-state index in [0.717, 1.165) is 11.3 Å². The Morgan fingerprint density at radius 2 is 1.96 bits per heavy atom. The summed E-state index contributed by atoms with van der Waals surface area (Å²) >= 11 is 0. The Hall–Kier alpha value is -2.27. The zero-order valence-electron chi connectivity index (χ0n) is 15.1. The summed E-state index contributed by atoms with van der Waals surface area (Å²) in [4.78, 5) is 12.9. The van der Waals surface area contributed by atoms with Gasteiger partial charge in [-0.15, -0.1) is 0 Å². The Bertz CT molecular complexity index is 914. The lowest BCUT2D eigenvalue weighted by Crippen LogP contribution is -2.45. The summed E-state index contributed by atoms with van der Waals surface area (Å²) in [5.74, 6) is 1.19. The average Bonchev–Trinajstić information content (AvgIpc) is 2.66. The van der Waals surface area contributed by atoms with Crippen LogP contribution >= 0.6 is 0 Å². The van der Waals surface area contributed by atoms with Gasteiger partial charge < -0.3 is 5.32 Å². The van der Waals surface area contributed by atoms with E-state index in [2.05, 4.69) is 20.3 Å². The van der Waals surface area contributed by atoms with E-state index in [1.807, 2.05) is 13.0 Å². The van der Waals surface area contributed by atoms with Crippen LogP contribution in [-0.2, 0) is 10.0 Å². The first-order chi connectivity index (χ1) is 13.2. The van der Waals surface area contributed by atoms with E-state index >= 15 is 0 Å². The number of sulfonamides is 1. The van der Waals surface area contributed by atoms with Crippen molar-refractivity contribution in [3.8, 4) is 11.4 Å². The van der Waals surface area contributed by atoms with E-state index in [-0.39, 0.29) is 19.0 Å². The van der Waals surface area contributed by atoms with Crippen molar-refractivity contribution in [2.75, 3.05) is 25.0 Å². The molecule has 152 valence electrons. The van der Waals surface area contributed by atoms with Gasteiger partial charge in [0.05, 0.1) is 0 Å². The van der Waals surface area contributed by atoms with Crippen molar-refractivity contribution in [1.82, 2.24) is 19.3 Å². The van der Waals surface area contributed by atoms with Crippen molar-refractivity contribution in [2.24, 2.45) is 5.92 Å². The van der Waals surface area contributed by atoms with E-state index in [1.165, 1.54) is 0 Å².